The lowest BCUT2D eigenvalue weighted by Gasteiger charge is -2.22. The largest absolute Gasteiger partial charge is 0.490 e. The summed E-state index contributed by atoms with van der Waals surface area (Å²) in [5, 5.41) is 71.6. The van der Waals surface area contributed by atoms with E-state index in [1.54, 1.807) is 0 Å². The summed E-state index contributed by atoms with van der Waals surface area (Å²) in [6.07, 6.45) is -2.49. The zero-order valence-corrected chi connectivity index (χ0v) is 65.4. The van der Waals surface area contributed by atoms with Crippen LogP contribution < -0.4 is 52.3 Å². The summed E-state index contributed by atoms with van der Waals surface area (Å²) in [6, 6.07) is 40.1. The maximum atomic E-state index is 12.1. The third-order valence-corrected chi connectivity index (χ3v) is 16.1. The van der Waals surface area contributed by atoms with Gasteiger partial charge in [0.25, 0.3) is 17.1 Å². The van der Waals surface area contributed by atoms with Gasteiger partial charge in [-0.3, -0.25) is 44.7 Å². The first-order valence-corrected chi connectivity index (χ1v) is 36.1. The molecule has 0 spiro atoms. The van der Waals surface area contributed by atoms with Crippen molar-refractivity contribution >= 4 is 87.6 Å². The van der Waals surface area contributed by atoms with E-state index in [1.807, 2.05) is 141 Å². The molecule has 9 N–H and O–H groups in total. The maximum absolute atomic E-state index is 12.1. The number of anilines is 3. The topological polar surface area (TPSA) is 492 Å². The van der Waals surface area contributed by atoms with E-state index in [2.05, 4.69) is 57.1 Å². The third kappa shape index (κ3) is 34.6. The van der Waals surface area contributed by atoms with Gasteiger partial charge in [-0.05, 0) is 208 Å². The lowest BCUT2D eigenvalue weighted by molar-refractivity contribution is -0.402. The first kappa shape index (κ1) is 93.7. The lowest BCUT2D eigenvalue weighted by atomic mass is 10.2. The van der Waals surface area contributed by atoms with Crippen molar-refractivity contribution < 1.29 is 98.5 Å². The van der Waals surface area contributed by atoms with Gasteiger partial charge in [-0.1, -0.05) is 24.3 Å². The fraction of sp³-hybridized carbons (Fsp3) is 0.408. The zero-order valence-electron chi connectivity index (χ0n) is 64.7. The molecule has 3 aromatic heterocycles. The van der Waals surface area contributed by atoms with Crippen LogP contribution in [0, 0.1) is 58.8 Å². The van der Waals surface area contributed by atoms with Gasteiger partial charge in [-0.15, -0.1) is 0 Å². The molecule has 11 rings (SSSR count). The molecule has 624 valence electrons. The summed E-state index contributed by atoms with van der Waals surface area (Å²) in [7, 11) is 0. The van der Waals surface area contributed by atoms with Crippen molar-refractivity contribution in [1.29, 1.82) is 10.5 Å². The average molecular weight is 1650 g/mol. The summed E-state index contributed by atoms with van der Waals surface area (Å²) >= 11 is 4.97. The molecule has 0 unspecified atom stereocenters. The van der Waals surface area contributed by atoms with E-state index in [-0.39, 0.29) is 66.0 Å². The van der Waals surface area contributed by atoms with E-state index in [4.69, 9.17) is 60.8 Å². The Balaban J connectivity index is 0.000000255. The molecule has 0 aliphatic carbocycles. The first-order valence-electron chi connectivity index (χ1n) is 35.7. The molecular weight excluding hydrogens is 1550 g/mol. The zero-order chi connectivity index (χ0) is 86.3. The van der Waals surface area contributed by atoms with Crippen molar-refractivity contribution in [1.82, 2.24) is 31.9 Å². The summed E-state index contributed by atoms with van der Waals surface area (Å²) in [4.78, 5) is 114. The number of carboxylic acid groups (broad SMARTS) is 1. The summed E-state index contributed by atoms with van der Waals surface area (Å²) in [5.41, 5.74) is 10.6. The van der Waals surface area contributed by atoms with Crippen LogP contribution >= 0.6 is 11.6 Å². The van der Waals surface area contributed by atoms with Crippen LogP contribution in [0.25, 0.3) is 0 Å². The van der Waals surface area contributed by atoms with Gasteiger partial charge in [0.15, 0.2) is 17.3 Å². The number of carbonyl (C=O) groups excluding carboxylic acids is 6. The number of alkyl halides is 3. The average Bonchev–Trinajstić information content (AvgIpc) is 1.74. The highest BCUT2D eigenvalue weighted by molar-refractivity contribution is 6.67. The number of nitrogens with zero attached hydrogens (tertiary/aromatic N) is 8. The number of nitrogens with one attached hydrogen (secondary N) is 6. The molecule has 4 aliphatic rings. The molecule has 116 heavy (non-hydrogen) atoms. The van der Waals surface area contributed by atoms with Crippen molar-refractivity contribution in [2.24, 2.45) is 5.73 Å². The molecular formula is C76H90ClF4N15O20. The number of furan rings is 3. The highest BCUT2D eigenvalue weighted by Gasteiger charge is 2.38. The Hall–Kier alpha value is -12.9. The number of aliphatic carboxylic acids is 1. The molecule has 7 aromatic rings. The number of nitro groups is 3. The van der Waals surface area contributed by atoms with E-state index in [9.17, 15) is 76.7 Å². The van der Waals surface area contributed by atoms with Gasteiger partial charge in [-0.2, -0.15) is 23.7 Å². The fourth-order valence-corrected chi connectivity index (χ4v) is 10.6. The normalized spacial score (nSPS) is 15.9. The molecule has 40 heteroatoms. The van der Waals surface area contributed by atoms with E-state index in [1.165, 1.54) is 36.4 Å². The van der Waals surface area contributed by atoms with Crippen molar-refractivity contribution in [2.45, 2.75) is 148 Å². The molecule has 4 fully saturated rings. The molecule has 4 saturated heterocycles. The van der Waals surface area contributed by atoms with Crippen LogP contribution in [0.2, 0.25) is 0 Å². The molecule has 4 aliphatic heterocycles. The Morgan fingerprint density at radius 3 is 1.15 bits per heavy atom. The number of nitrogens with two attached hydrogens (primary N) is 1. The predicted molar refractivity (Wildman–Crippen MR) is 413 cm³/mol. The van der Waals surface area contributed by atoms with E-state index in [0.717, 1.165) is 124 Å². The first-order chi connectivity index (χ1) is 54.3. The second-order valence-corrected chi connectivity index (χ2v) is 29.1. The van der Waals surface area contributed by atoms with E-state index >= 15 is 0 Å². The fourth-order valence-electron chi connectivity index (χ4n) is 10.5. The van der Waals surface area contributed by atoms with E-state index < -0.39 is 84.5 Å². The number of ether oxygens (including phenoxy) is 3. The number of hydrogen-bond acceptors (Lipinski definition) is 26. The minimum absolute atomic E-state index is 0.0196. The maximum Gasteiger partial charge on any atom is 0.490 e. The number of carboxylic acids is 1. The number of carbonyl (C=O) groups is 7. The van der Waals surface area contributed by atoms with Crippen LogP contribution in [0.15, 0.2) is 147 Å². The summed E-state index contributed by atoms with van der Waals surface area (Å²) in [5.74, 6) is -5.90. The standard InChI is InChI=1S/C21H26N4O6.C16H18N4O4.C16H21N3O2.C9H18N2O2.C7H4FN.C5H2ClNO4.C2HF3O2/c1-21(2,3)31-20(27)23-15-10-11-24(13-15)16-6-4-14(5-7-16)12-22-19(26)17-8-9-18(30-17)25(28)29;17-12-7-8-19(10-12)13-3-1-11(2-4-13)9-18-16(21)14-5-6-15(24-14)20(22)23;1-16(2,3)21-15(20)18-13-8-9-19(11-13)14-6-4-12(10-17)5-7-14;1-9(2,3)13-8(12)11-7-4-5-10-6-7;8-7-3-1-6(5-9)2-4-7;6-5(8)3-1-2-4(11-3)7(9)10;3-2(4,5)1(6)7/h4-9,15H,10-13H2,1-3H3,(H,22,26)(H,23,27);1-6,12H,7-10,17H2,(H,18,21);4-7,13H,8-9,11H2,1-3H3,(H,18,20);7,10H,4-6H2,1-3H3,(H,11,12);1-4H;1-2H;(H,6,7)/t15-;12-;13-;7-;;;/m0000.../s1. The smallest absolute Gasteiger partial charge is 0.475 e. The number of nitriles is 2. The van der Waals surface area contributed by atoms with Crippen LogP contribution in [0.3, 0.4) is 0 Å². The van der Waals surface area contributed by atoms with Gasteiger partial charge < -0.3 is 84.9 Å². The second-order valence-electron chi connectivity index (χ2n) is 28.7. The molecule has 0 saturated carbocycles. The number of rotatable bonds is 16. The quantitative estimate of drug-likeness (QED) is 0.0146. The molecule has 7 heterocycles. The predicted octanol–water partition coefficient (Wildman–Crippen LogP) is 12.3. The van der Waals surface area contributed by atoms with Crippen LogP contribution in [-0.4, -0.2) is 161 Å². The van der Waals surface area contributed by atoms with Gasteiger partial charge in [0.05, 0.1) is 53.5 Å². The van der Waals surface area contributed by atoms with Crippen LogP contribution in [-0.2, 0) is 32.1 Å². The van der Waals surface area contributed by atoms with Crippen LogP contribution in [0.1, 0.15) is 142 Å². The van der Waals surface area contributed by atoms with Gasteiger partial charge >= 0.3 is 48.1 Å². The molecule has 5 amide bonds. The SMILES string of the molecule is CC(C)(C)OC(=O)N[C@H]1CCN(c2ccc(C#N)cc2)C1.CC(C)(C)OC(=O)N[C@H]1CCN(c2ccc(CNC(=O)c3ccc([N+](=O)[O-])o3)cc2)C1.CC(C)(C)OC(=O)N[C@H]1CCNC1.N#Cc1ccc(F)cc1.N[C@H]1CCN(c2ccc(CNC(=O)c3ccc([N+](=O)[O-])o3)cc2)C1.O=C(Cl)c1ccc([N+](=O)[O-])o1.O=C(O)C(F)(F)F. The third-order valence-electron chi connectivity index (χ3n) is 15.9. The van der Waals surface area contributed by atoms with Crippen molar-refractivity contribution in [3.8, 4) is 12.1 Å². The molecule has 0 radical (unpaired) electrons. The Kier molecular flexibility index (Phi) is 35.5. The van der Waals surface area contributed by atoms with Crippen LogP contribution in [0.4, 0.5) is 66.7 Å². The summed E-state index contributed by atoms with van der Waals surface area (Å²) < 4.78 is 73.7. The van der Waals surface area contributed by atoms with E-state index in [0.29, 0.717) is 24.2 Å². The molecule has 0 bridgehead atoms. The number of alkyl carbamates (subject to hydrolysis) is 3. The highest BCUT2D eigenvalue weighted by Crippen LogP contribution is 2.26. The van der Waals surface area contributed by atoms with Gasteiger partial charge in [0.2, 0.25) is 0 Å². The Morgan fingerprint density at radius 1 is 0.526 bits per heavy atom. The lowest BCUT2D eigenvalue weighted by Crippen LogP contribution is -2.40. The number of amides is 5. The number of benzene rings is 4. The summed E-state index contributed by atoms with van der Waals surface area (Å²) in [6.45, 7) is 24.0. The minimum Gasteiger partial charge on any atom is -0.475 e. The second kappa shape index (κ2) is 44.0. The Labute approximate surface area is 668 Å². The Bertz CT molecular complexity index is 4500. The molecule has 35 nitrogen and oxygen atoms in total. The monoisotopic (exact) mass is 1640 g/mol. The molecule has 4 aromatic carbocycles. The minimum atomic E-state index is -5.08. The Morgan fingerprint density at radius 2 is 0.853 bits per heavy atom. The number of halogens is 5. The van der Waals surface area contributed by atoms with Gasteiger partial charge in [0, 0.05) is 88.0 Å². The van der Waals surface area contributed by atoms with Crippen molar-refractivity contribution in [2.75, 3.05) is 67.1 Å². The van der Waals surface area contributed by atoms with Gasteiger partial charge in [-0.25, -0.2) is 23.6 Å². The number of hydrogen-bond donors (Lipinski definition) is 8. The molecule has 4 atom stereocenters. The highest BCUT2D eigenvalue weighted by atomic mass is 35.5. The van der Waals surface area contributed by atoms with Crippen molar-refractivity contribution in [3.63, 3.8) is 0 Å². The van der Waals surface area contributed by atoms with Gasteiger partial charge in [0.1, 0.15) is 37.4 Å². The van der Waals surface area contributed by atoms with Crippen LogP contribution in [0.5, 0.6) is 0 Å². The van der Waals surface area contributed by atoms with Crippen molar-refractivity contribution in [3.05, 3.63) is 209 Å².